The largest absolute Gasteiger partial charge is 0.246 e. The van der Waals surface area contributed by atoms with E-state index in [-0.39, 0.29) is 33.4 Å². The molecule has 1 aromatic carbocycles. The fraction of sp³-hybridized carbons (Fsp3) is 0.455. The molecule has 0 aliphatic carbocycles. The summed E-state index contributed by atoms with van der Waals surface area (Å²) >= 11 is 20.9. The van der Waals surface area contributed by atoms with Crippen LogP contribution in [-0.2, 0) is 10.0 Å². The van der Waals surface area contributed by atoms with Gasteiger partial charge in [0.15, 0.2) is 0 Å². The van der Waals surface area contributed by atoms with Gasteiger partial charge in [-0.3, -0.25) is 0 Å². The lowest BCUT2D eigenvalue weighted by Gasteiger charge is -2.26. The van der Waals surface area contributed by atoms with Crippen molar-refractivity contribution in [3.63, 3.8) is 0 Å². The highest BCUT2D eigenvalue weighted by molar-refractivity contribution is 9.10. The van der Waals surface area contributed by atoms with Crippen molar-refractivity contribution in [3.05, 3.63) is 26.7 Å². The molecule has 0 saturated heterocycles. The molecular weight excluding hydrogens is 396 g/mol. The molecule has 0 atom stereocenters. The summed E-state index contributed by atoms with van der Waals surface area (Å²) in [5, 5.41) is 0.166. The van der Waals surface area contributed by atoms with E-state index in [1.807, 2.05) is 0 Å². The van der Waals surface area contributed by atoms with Crippen LogP contribution in [0.4, 0.5) is 0 Å². The molecule has 0 aliphatic heterocycles. The molecule has 0 radical (unpaired) electrons. The number of halogens is 4. The van der Waals surface area contributed by atoms with Crippen molar-refractivity contribution in [2.75, 3.05) is 12.4 Å². The van der Waals surface area contributed by atoms with Crippen LogP contribution in [0.25, 0.3) is 0 Å². The van der Waals surface area contributed by atoms with Crippen LogP contribution >= 0.6 is 50.7 Å². The monoisotopic (exact) mass is 407 g/mol. The highest BCUT2D eigenvalue weighted by atomic mass is 79.9. The van der Waals surface area contributed by atoms with Crippen molar-refractivity contribution in [1.29, 1.82) is 0 Å². The van der Waals surface area contributed by atoms with Gasteiger partial charge >= 0.3 is 0 Å². The van der Waals surface area contributed by atoms with Crippen molar-refractivity contribution in [3.8, 4) is 0 Å². The highest BCUT2D eigenvalue weighted by Gasteiger charge is 2.30. The van der Waals surface area contributed by atoms with Crippen LogP contribution in [0.3, 0.4) is 0 Å². The first kappa shape index (κ1) is 17.5. The number of benzene rings is 1. The zero-order valence-electron chi connectivity index (χ0n) is 10.3. The summed E-state index contributed by atoms with van der Waals surface area (Å²) in [6.07, 6.45) is 0. The van der Waals surface area contributed by atoms with Crippen LogP contribution in [-0.4, -0.2) is 31.2 Å². The van der Waals surface area contributed by atoms with Gasteiger partial charge in [-0.15, -0.1) is 11.6 Å². The summed E-state index contributed by atoms with van der Waals surface area (Å²) in [5.74, 6) is 0.198. The zero-order valence-corrected chi connectivity index (χ0v) is 15.0. The van der Waals surface area contributed by atoms with E-state index in [0.29, 0.717) is 4.47 Å². The molecule has 0 heterocycles. The fourth-order valence-corrected chi connectivity index (χ4v) is 5.44. The Morgan fingerprint density at radius 2 is 1.74 bits per heavy atom. The van der Waals surface area contributed by atoms with E-state index in [4.69, 9.17) is 34.8 Å². The number of alkyl halides is 1. The van der Waals surface area contributed by atoms with E-state index in [9.17, 15) is 8.42 Å². The minimum Gasteiger partial charge on any atom is -0.207 e. The minimum atomic E-state index is -3.78. The molecule has 0 unspecified atom stereocenters. The van der Waals surface area contributed by atoms with Gasteiger partial charge in [-0.05, 0) is 26.0 Å². The Morgan fingerprint density at radius 1 is 1.26 bits per heavy atom. The second kappa shape index (κ2) is 6.96. The molecule has 0 N–H and O–H groups in total. The molecular formula is C11H13BrCl3NO2S. The van der Waals surface area contributed by atoms with Gasteiger partial charge in [-0.2, -0.15) is 4.31 Å². The van der Waals surface area contributed by atoms with E-state index >= 15 is 0 Å². The average molecular weight is 410 g/mol. The van der Waals surface area contributed by atoms with Gasteiger partial charge in [-0.25, -0.2) is 8.42 Å². The molecule has 1 aromatic rings. The molecule has 0 aliphatic rings. The zero-order chi connectivity index (χ0) is 14.8. The van der Waals surface area contributed by atoms with E-state index in [0.717, 1.165) is 0 Å². The first-order valence-electron chi connectivity index (χ1n) is 5.44. The Balaban J connectivity index is 3.42. The van der Waals surface area contributed by atoms with E-state index < -0.39 is 10.0 Å². The summed E-state index contributed by atoms with van der Waals surface area (Å²) in [6, 6.07) is 2.76. The van der Waals surface area contributed by atoms with Gasteiger partial charge in [0.05, 0.1) is 10.0 Å². The van der Waals surface area contributed by atoms with Gasteiger partial charge in [-0.1, -0.05) is 39.1 Å². The van der Waals surface area contributed by atoms with Crippen molar-refractivity contribution >= 4 is 60.8 Å². The van der Waals surface area contributed by atoms with Gasteiger partial charge < -0.3 is 0 Å². The van der Waals surface area contributed by atoms with Crippen LogP contribution in [0.2, 0.25) is 10.0 Å². The summed E-state index contributed by atoms with van der Waals surface area (Å²) in [4.78, 5) is -0.0853. The SMILES string of the molecule is CC(C)N(CCCl)S(=O)(=O)c1c(Cl)cc(Br)cc1Cl. The molecule has 3 nitrogen and oxygen atoms in total. The third-order valence-electron chi connectivity index (χ3n) is 2.41. The van der Waals surface area contributed by atoms with Crippen LogP contribution < -0.4 is 0 Å². The normalized spacial score (nSPS) is 12.4. The smallest absolute Gasteiger partial charge is 0.207 e. The van der Waals surface area contributed by atoms with Crippen LogP contribution in [0.5, 0.6) is 0 Å². The standard InChI is InChI=1S/C11H13BrCl3NO2S/c1-7(2)16(4-3-13)19(17,18)11-9(14)5-8(12)6-10(11)15/h5-7H,3-4H2,1-2H3. The van der Waals surface area contributed by atoms with Crippen LogP contribution in [0.15, 0.2) is 21.5 Å². The summed E-state index contributed by atoms with van der Waals surface area (Å²) in [6.45, 7) is 3.74. The number of nitrogens with zero attached hydrogens (tertiary/aromatic N) is 1. The third kappa shape index (κ3) is 3.99. The predicted molar refractivity (Wildman–Crippen MR) is 83.9 cm³/mol. The highest BCUT2D eigenvalue weighted by Crippen LogP contribution is 2.35. The molecule has 0 amide bonds. The summed E-state index contributed by atoms with van der Waals surface area (Å²) in [5.41, 5.74) is 0. The van der Waals surface area contributed by atoms with Gasteiger partial charge in [0.1, 0.15) is 4.90 Å². The number of rotatable bonds is 5. The fourth-order valence-electron chi connectivity index (χ4n) is 1.63. The Labute approximate surface area is 137 Å². The predicted octanol–water partition coefficient (Wildman–Crippen LogP) is 4.39. The maximum absolute atomic E-state index is 12.6. The molecule has 0 bridgehead atoms. The molecule has 0 saturated carbocycles. The van der Waals surface area contributed by atoms with Gasteiger partial charge in [0.25, 0.3) is 0 Å². The lowest BCUT2D eigenvalue weighted by Crippen LogP contribution is -2.38. The first-order valence-corrected chi connectivity index (χ1v) is 8.96. The summed E-state index contributed by atoms with van der Waals surface area (Å²) < 4.78 is 27.1. The maximum Gasteiger partial charge on any atom is 0.246 e. The molecule has 19 heavy (non-hydrogen) atoms. The Bertz CT molecular complexity index is 540. The van der Waals surface area contributed by atoms with Gasteiger partial charge in [0, 0.05) is 22.9 Å². The quantitative estimate of drug-likeness (QED) is 0.676. The average Bonchev–Trinajstić information content (AvgIpc) is 2.22. The molecule has 8 heteroatoms. The number of hydrogen-bond donors (Lipinski definition) is 0. The van der Waals surface area contributed by atoms with Crippen molar-refractivity contribution in [2.24, 2.45) is 0 Å². The molecule has 1 rings (SSSR count). The maximum atomic E-state index is 12.6. The first-order chi connectivity index (χ1) is 8.71. The van der Waals surface area contributed by atoms with Crippen molar-refractivity contribution < 1.29 is 8.42 Å². The van der Waals surface area contributed by atoms with E-state index in [2.05, 4.69) is 15.9 Å². The molecule has 0 aromatic heterocycles. The molecule has 0 fully saturated rings. The Kier molecular flexibility index (Phi) is 6.42. The van der Waals surface area contributed by atoms with E-state index in [1.165, 1.54) is 16.4 Å². The van der Waals surface area contributed by atoms with Crippen LogP contribution in [0, 0.1) is 0 Å². The Morgan fingerprint density at radius 3 is 2.11 bits per heavy atom. The van der Waals surface area contributed by atoms with Gasteiger partial charge in [0.2, 0.25) is 10.0 Å². The Hall–Kier alpha value is 0.480. The lowest BCUT2D eigenvalue weighted by atomic mass is 10.4. The molecule has 108 valence electrons. The topological polar surface area (TPSA) is 37.4 Å². The lowest BCUT2D eigenvalue weighted by molar-refractivity contribution is 0.370. The summed E-state index contributed by atoms with van der Waals surface area (Å²) in [7, 11) is -3.78. The second-order valence-electron chi connectivity index (χ2n) is 4.10. The van der Waals surface area contributed by atoms with Crippen molar-refractivity contribution in [1.82, 2.24) is 4.31 Å². The number of hydrogen-bond acceptors (Lipinski definition) is 2. The second-order valence-corrected chi connectivity index (χ2v) is 8.03. The van der Waals surface area contributed by atoms with Crippen molar-refractivity contribution in [2.45, 2.75) is 24.8 Å². The third-order valence-corrected chi connectivity index (χ3v) is 6.04. The minimum absolute atomic E-state index is 0.0830. The van der Waals surface area contributed by atoms with Crippen LogP contribution in [0.1, 0.15) is 13.8 Å². The number of sulfonamides is 1. The van der Waals surface area contributed by atoms with E-state index in [1.54, 1.807) is 13.8 Å². The molecule has 0 spiro atoms.